The Kier molecular flexibility index (Phi) is 9.93. The second-order valence-electron chi connectivity index (χ2n) is 5.19. The van der Waals surface area contributed by atoms with Crippen LogP contribution in [0, 0.1) is 6.92 Å². The standard InChI is InChI=1S/C16H25N5S.HI/c1-14-13-22-15(20-14)7-3-4-8-18-16(17-2)19-9-12-21-10-5-6-11-21;/h5-6,10-11,13H,3-4,7-9,12H2,1-2H3,(H2,17,18,19);1H. The van der Waals surface area contributed by atoms with Crippen molar-refractivity contribution in [3.8, 4) is 0 Å². The van der Waals surface area contributed by atoms with Crippen LogP contribution in [-0.2, 0) is 13.0 Å². The zero-order valence-electron chi connectivity index (χ0n) is 13.8. The lowest BCUT2D eigenvalue weighted by molar-refractivity contribution is 0.653. The summed E-state index contributed by atoms with van der Waals surface area (Å²) in [6.45, 7) is 4.79. The molecule has 0 atom stereocenters. The van der Waals surface area contributed by atoms with Gasteiger partial charge in [-0.25, -0.2) is 4.98 Å². The number of guanidine groups is 1. The molecule has 7 heteroatoms. The molecule has 0 aliphatic rings. The van der Waals surface area contributed by atoms with Crippen LogP contribution in [0.2, 0.25) is 0 Å². The fourth-order valence-corrected chi connectivity index (χ4v) is 2.99. The highest BCUT2D eigenvalue weighted by molar-refractivity contribution is 14.0. The summed E-state index contributed by atoms with van der Waals surface area (Å²) in [4.78, 5) is 8.73. The minimum absolute atomic E-state index is 0. The Morgan fingerprint density at radius 1 is 1.22 bits per heavy atom. The predicted molar refractivity (Wildman–Crippen MR) is 109 cm³/mol. The van der Waals surface area contributed by atoms with Gasteiger partial charge in [-0.1, -0.05) is 0 Å². The summed E-state index contributed by atoms with van der Waals surface area (Å²) in [6.07, 6.45) is 7.48. The third kappa shape index (κ3) is 7.83. The third-order valence-corrected chi connectivity index (χ3v) is 4.36. The number of hydrogen-bond donors (Lipinski definition) is 2. The SMILES string of the molecule is CN=C(NCCCCc1nc(C)cs1)NCCn1cccc1.I. The van der Waals surface area contributed by atoms with E-state index in [-0.39, 0.29) is 24.0 Å². The van der Waals surface area contributed by atoms with Crippen molar-refractivity contribution in [3.05, 3.63) is 40.6 Å². The molecular weight excluding hydrogens is 421 g/mol. The minimum Gasteiger partial charge on any atom is -0.356 e. The average molecular weight is 447 g/mol. The Morgan fingerprint density at radius 3 is 2.61 bits per heavy atom. The van der Waals surface area contributed by atoms with Crippen molar-refractivity contribution in [2.45, 2.75) is 32.7 Å². The van der Waals surface area contributed by atoms with E-state index < -0.39 is 0 Å². The summed E-state index contributed by atoms with van der Waals surface area (Å²) >= 11 is 1.76. The Balaban J connectivity index is 0.00000264. The molecule has 5 nitrogen and oxygen atoms in total. The van der Waals surface area contributed by atoms with Crippen LogP contribution in [0.25, 0.3) is 0 Å². The molecule has 0 spiro atoms. The maximum absolute atomic E-state index is 4.48. The van der Waals surface area contributed by atoms with E-state index in [1.165, 1.54) is 5.01 Å². The van der Waals surface area contributed by atoms with Gasteiger partial charge in [0.05, 0.1) is 5.01 Å². The van der Waals surface area contributed by atoms with Gasteiger partial charge in [-0.15, -0.1) is 35.3 Å². The monoisotopic (exact) mass is 447 g/mol. The number of rotatable bonds is 8. The molecule has 23 heavy (non-hydrogen) atoms. The highest BCUT2D eigenvalue weighted by Crippen LogP contribution is 2.11. The van der Waals surface area contributed by atoms with Crippen molar-refractivity contribution in [1.82, 2.24) is 20.2 Å². The topological polar surface area (TPSA) is 54.2 Å². The zero-order valence-corrected chi connectivity index (χ0v) is 16.9. The summed E-state index contributed by atoms with van der Waals surface area (Å²) in [5.41, 5.74) is 1.13. The van der Waals surface area contributed by atoms with E-state index in [9.17, 15) is 0 Å². The lowest BCUT2D eigenvalue weighted by atomic mass is 10.2. The summed E-state index contributed by atoms with van der Waals surface area (Å²) in [5, 5.41) is 10.0. The number of aromatic nitrogens is 2. The van der Waals surface area contributed by atoms with Crippen molar-refractivity contribution >= 4 is 41.3 Å². The average Bonchev–Trinajstić information content (AvgIpc) is 3.17. The van der Waals surface area contributed by atoms with Gasteiger partial charge in [0.1, 0.15) is 0 Å². The fraction of sp³-hybridized carbons (Fsp3) is 0.500. The van der Waals surface area contributed by atoms with Crippen LogP contribution in [0.15, 0.2) is 34.9 Å². The van der Waals surface area contributed by atoms with Crippen molar-refractivity contribution in [3.63, 3.8) is 0 Å². The van der Waals surface area contributed by atoms with Crippen LogP contribution >= 0.6 is 35.3 Å². The summed E-state index contributed by atoms with van der Waals surface area (Å²) in [7, 11) is 1.81. The molecule has 0 aliphatic carbocycles. The van der Waals surface area contributed by atoms with E-state index in [0.717, 1.165) is 50.6 Å². The Bertz CT molecular complexity index is 565. The molecule has 0 amide bonds. The molecular formula is C16H26IN5S. The maximum Gasteiger partial charge on any atom is 0.191 e. The van der Waals surface area contributed by atoms with Gasteiger partial charge in [-0.05, 0) is 38.3 Å². The van der Waals surface area contributed by atoms with Gasteiger partial charge < -0.3 is 15.2 Å². The maximum atomic E-state index is 4.48. The van der Waals surface area contributed by atoms with Crippen molar-refractivity contribution in [2.24, 2.45) is 4.99 Å². The van der Waals surface area contributed by atoms with Crippen LogP contribution in [0.3, 0.4) is 0 Å². The molecule has 2 heterocycles. The van der Waals surface area contributed by atoms with Gasteiger partial charge in [-0.2, -0.15) is 0 Å². The Hall–Kier alpha value is -1.09. The van der Waals surface area contributed by atoms with E-state index in [4.69, 9.17) is 0 Å². The van der Waals surface area contributed by atoms with Crippen molar-refractivity contribution in [1.29, 1.82) is 0 Å². The number of nitrogens with zero attached hydrogens (tertiary/aromatic N) is 3. The molecule has 0 saturated carbocycles. The van der Waals surface area contributed by atoms with Gasteiger partial charge >= 0.3 is 0 Å². The van der Waals surface area contributed by atoms with E-state index in [1.54, 1.807) is 11.3 Å². The number of aryl methyl sites for hydroxylation is 2. The van der Waals surface area contributed by atoms with Crippen molar-refractivity contribution in [2.75, 3.05) is 20.1 Å². The molecule has 0 fully saturated rings. The first-order valence-corrected chi connectivity index (χ1v) is 8.62. The second kappa shape index (κ2) is 11.4. The first-order chi connectivity index (χ1) is 10.8. The highest BCUT2D eigenvalue weighted by Gasteiger charge is 2.00. The van der Waals surface area contributed by atoms with Crippen LogP contribution in [0.4, 0.5) is 0 Å². The van der Waals surface area contributed by atoms with Gasteiger partial charge in [0, 0.05) is 50.1 Å². The molecule has 0 radical (unpaired) electrons. The predicted octanol–water partition coefficient (Wildman–Crippen LogP) is 3.06. The van der Waals surface area contributed by atoms with Crippen LogP contribution < -0.4 is 10.6 Å². The minimum atomic E-state index is 0. The van der Waals surface area contributed by atoms with Crippen LogP contribution in [0.5, 0.6) is 0 Å². The molecule has 2 rings (SSSR count). The number of thiazole rings is 1. The highest BCUT2D eigenvalue weighted by atomic mass is 127. The Morgan fingerprint density at radius 2 is 1.96 bits per heavy atom. The summed E-state index contributed by atoms with van der Waals surface area (Å²) < 4.78 is 2.15. The quantitative estimate of drug-likeness (QED) is 0.283. The number of aliphatic imine (C=N–C) groups is 1. The largest absolute Gasteiger partial charge is 0.356 e. The van der Waals surface area contributed by atoms with E-state index in [1.807, 2.05) is 26.1 Å². The lowest BCUT2D eigenvalue weighted by Gasteiger charge is -2.12. The number of hydrogen-bond acceptors (Lipinski definition) is 3. The van der Waals surface area contributed by atoms with E-state index >= 15 is 0 Å². The van der Waals surface area contributed by atoms with Gasteiger partial charge in [0.15, 0.2) is 5.96 Å². The summed E-state index contributed by atoms with van der Waals surface area (Å²) in [6, 6.07) is 4.08. The molecule has 0 unspecified atom stereocenters. The summed E-state index contributed by atoms with van der Waals surface area (Å²) in [5.74, 6) is 0.872. The molecule has 128 valence electrons. The van der Waals surface area contributed by atoms with Gasteiger partial charge in [-0.3, -0.25) is 4.99 Å². The Labute approximate surface area is 159 Å². The zero-order chi connectivity index (χ0) is 15.6. The third-order valence-electron chi connectivity index (χ3n) is 3.33. The van der Waals surface area contributed by atoms with Gasteiger partial charge in [0.25, 0.3) is 0 Å². The molecule has 2 aromatic rings. The first kappa shape index (κ1) is 20.0. The fourth-order valence-electron chi connectivity index (χ4n) is 2.17. The van der Waals surface area contributed by atoms with Gasteiger partial charge in [0.2, 0.25) is 0 Å². The van der Waals surface area contributed by atoms with E-state index in [2.05, 4.69) is 43.0 Å². The molecule has 0 saturated heterocycles. The smallest absolute Gasteiger partial charge is 0.191 e. The molecule has 2 aromatic heterocycles. The normalized spacial score (nSPS) is 11.1. The number of halogens is 1. The van der Waals surface area contributed by atoms with E-state index in [0.29, 0.717) is 0 Å². The molecule has 0 aliphatic heterocycles. The number of unbranched alkanes of at least 4 members (excludes halogenated alkanes) is 1. The van der Waals surface area contributed by atoms with Crippen LogP contribution in [0.1, 0.15) is 23.5 Å². The van der Waals surface area contributed by atoms with Crippen molar-refractivity contribution < 1.29 is 0 Å². The molecule has 0 aromatic carbocycles. The first-order valence-electron chi connectivity index (χ1n) is 7.74. The lowest BCUT2D eigenvalue weighted by Crippen LogP contribution is -2.39. The van der Waals surface area contributed by atoms with Crippen LogP contribution in [-0.4, -0.2) is 35.6 Å². The second-order valence-corrected chi connectivity index (χ2v) is 6.13. The number of nitrogens with one attached hydrogen (secondary N) is 2. The molecule has 0 bridgehead atoms. The molecule has 2 N–H and O–H groups in total.